The smallest absolute Gasteiger partial charge is 0.242 e. The molecule has 2 nitrogen and oxygen atoms in total. The summed E-state index contributed by atoms with van der Waals surface area (Å²) >= 11 is 1.84. The summed E-state index contributed by atoms with van der Waals surface area (Å²) < 4.78 is 2.64. The number of benzene rings is 4. The summed E-state index contributed by atoms with van der Waals surface area (Å²) in [6.07, 6.45) is 5.83. The van der Waals surface area contributed by atoms with Crippen LogP contribution in [0.15, 0.2) is 107 Å². The van der Waals surface area contributed by atoms with Crippen LogP contribution in [0.3, 0.4) is 0 Å². The van der Waals surface area contributed by atoms with E-state index in [1.807, 2.05) is 53.8 Å². The second-order valence-corrected chi connectivity index (χ2v) is 7.70. The molecular formula is C26H16N2SU. The van der Waals surface area contributed by atoms with Gasteiger partial charge in [0.05, 0.1) is 0 Å². The van der Waals surface area contributed by atoms with Gasteiger partial charge in [-0.25, -0.2) is 10.2 Å². The Balaban J connectivity index is 0.00000218. The van der Waals surface area contributed by atoms with Gasteiger partial charge in [-0.1, -0.05) is 42.5 Å². The monoisotopic (exact) mass is 626 g/mol. The maximum Gasteiger partial charge on any atom is 2.00 e. The molecule has 1 heterocycles. The van der Waals surface area contributed by atoms with Crippen LogP contribution in [0.25, 0.3) is 31.3 Å². The molecule has 140 valence electrons. The second kappa shape index (κ2) is 9.53. The molecule has 0 atom stereocenters. The van der Waals surface area contributed by atoms with Gasteiger partial charge < -0.3 is 0 Å². The van der Waals surface area contributed by atoms with Crippen LogP contribution in [0.1, 0.15) is 11.1 Å². The molecule has 0 aliphatic rings. The van der Waals surface area contributed by atoms with Crippen LogP contribution in [0, 0.1) is 31.1 Å². The maximum absolute atomic E-state index is 3.98. The van der Waals surface area contributed by atoms with Crippen molar-refractivity contribution in [3.05, 3.63) is 108 Å². The van der Waals surface area contributed by atoms with E-state index >= 15 is 0 Å². The maximum atomic E-state index is 3.98. The normalized spacial score (nSPS) is 11.5. The van der Waals surface area contributed by atoms with Gasteiger partial charge in [0.15, 0.2) is 0 Å². The van der Waals surface area contributed by atoms with Crippen LogP contribution in [0.4, 0.5) is 0 Å². The van der Waals surface area contributed by atoms with Gasteiger partial charge in [-0.3, -0.25) is 0 Å². The van der Waals surface area contributed by atoms with E-state index in [1.165, 1.54) is 31.3 Å². The average molecular weight is 627 g/mol. The first kappa shape index (κ1) is 20.8. The van der Waals surface area contributed by atoms with Crippen molar-refractivity contribution in [3.8, 4) is 11.1 Å². The van der Waals surface area contributed by atoms with E-state index in [0.29, 0.717) is 0 Å². The molecule has 5 rings (SSSR count). The minimum absolute atomic E-state index is 0. The number of rotatable bonds is 4. The zero-order valence-electron chi connectivity index (χ0n) is 16.0. The van der Waals surface area contributed by atoms with Crippen molar-refractivity contribution in [3.63, 3.8) is 0 Å². The van der Waals surface area contributed by atoms with Crippen molar-refractivity contribution >= 4 is 43.9 Å². The van der Waals surface area contributed by atoms with Gasteiger partial charge in [0.25, 0.3) is 0 Å². The predicted molar refractivity (Wildman–Crippen MR) is 124 cm³/mol. The van der Waals surface area contributed by atoms with E-state index in [1.54, 1.807) is 0 Å². The Kier molecular flexibility index (Phi) is 6.60. The quantitative estimate of drug-likeness (QED) is 0.118. The molecule has 4 heteroatoms. The van der Waals surface area contributed by atoms with Crippen LogP contribution in [0.2, 0.25) is 0 Å². The van der Waals surface area contributed by atoms with Crippen LogP contribution in [0.5, 0.6) is 0 Å². The van der Waals surface area contributed by atoms with Crippen LogP contribution >= 0.6 is 11.3 Å². The second-order valence-electron chi connectivity index (χ2n) is 6.65. The molecule has 0 saturated heterocycles. The van der Waals surface area contributed by atoms with Gasteiger partial charge in [0.2, 0.25) is 0 Å². The number of thiophene rings is 1. The summed E-state index contributed by atoms with van der Waals surface area (Å²) in [7, 11) is 0. The van der Waals surface area contributed by atoms with Crippen LogP contribution in [-0.2, 0) is 0 Å². The fourth-order valence-corrected chi connectivity index (χ4v) is 4.62. The van der Waals surface area contributed by atoms with E-state index in [9.17, 15) is 0 Å². The first-order valence-corrected chi connectivity index (χ1v) is 10.2. The van der Waals surface area contributed by atoms with Crippen molar-refractivity contribution in [1.82, 2.24) is 0 Å². The molecule has 0 N–H and O–H groups in total. The SMILES string of the molecule is [C-](=NN=[C-]c1ccc(-c2cccc3c2sc2ccccc23)cc1)c1ccccc1.[U+2]. The molecule has 0 bridgehead atoms. The van der Waals surface area contributed by atoms with Crippen molar-refractivity contribution in [2.75, 3.05) is 0 Å². The summed E-state index contributed by atoms with van der Waals surface area (Å²) in [6, 6.07) is 33.1. The molecule has 0 saturated carbocycles. The summed E-state index contributed by atoms with van der Waals surface area (Å²) in [6.45, 7) is 0. The molecule has 0 aliphatic heterocycles. The van der Waals surface area contributed by atoms with Gasteiger partial charge in [-0.05, 0) is 29.6 Å². The standard InChI is InChI=1S/C26H16N2S.U/c1-2-7-19(8-3-1)17-27-28-18-20-13-15-21(16-14-20)22-10-6-11-24-23-9-4-5-12-25(23)29-26(22)24;/h1-16H;/q-2;+2. The minimum atomic E-state index is 0. The molecule has 1 aromatic heterocycles. The molecule has 0 spiro atoms. The molecule has 0 aliphatic carbocycles. The Labute approximate surface area is 203 Å². The first-order chi connectivity index (χ1) is 14.4. The Hall–Kier alpha value is -2.51. The first-order valence-electron chi connectivity index (χ1n) is 9.36. The summed E-state index contributed by atoms with van der Waals surface area (Å²) in [5.74, 6) is 0. The molecular weight excluding hydrogens is 610 g/mol. The van der Waals surface area contributed by atoms with Gasteiger partial charge in [0, 0.05) is 20.2 Å². The molecule has 0 amide bonds. The predicted octanol–water partition coefficient (Wildman–Crippen LogP) is 6.93. The molecule has 5 aromatic rings. The Morgan fingerprint density at radius 2 is 1.20 bits per heavy atom. The third kappa shape index (κ3) is 4.32. The van der Waals surface area contributed by atoms with Gasteiger partial charge in [-0.2, -0.15) is 35.4 Å². The van der Waals surface area contributed by atoms with E-state index in [0.717, 1.165) is 11.1 Å². The van der Waals surface area contributed by atoms with Crippen molar-refractivity contribution in [2.24, 2.45) is 10.2 Å². The number of hydrogen-bond donors (Lipinski definition) is 0. The third-order valence-corrected chi connectivity index (χ3v) is 6.00. The Morgan fingerprint density at radius 1 is 0.567 bits per heavy atom. The van der Waals surface area contributed by atoms with Crippen molar-refractivity contribution in [1.29, 1.82) is 0 Å². The third-order valence-electron chi connectivity index (χ3n) is 4.78. The topological polar surface area (TPSA) is 24.7 Å². The molecule has 0 fully saturated rings. The van der Waals surface area contributed by atoms with E-state index in [4.69, 9.17) is 0 Å². The Bertz CT molecular complexity index is 1340. The number of fused-ring (bicyclic) bond motifs is 3. The molecule has 30 heavy (non-hydrogen) atoms. The number of hydrogen-bond acceptors (Lipinski definition) is 3. The largest absolute Gasteiger partial charge is 2.00 e. The van der Waals surface area contributed by atoms with E-state index < -0.39 is 0 Å². The van der Waals surface area contributed by atoms with E-state index in [2.05, 4.69) is 77.2 Å². The van der Waals surface area contributed by atoms with Crippen molar-refractivity contribution < 1.29 is 31.1 Å². The summed E-state index contributed by atoms with van der Waals surface area (Å²) in [5, 5.41) is 10.6. The molecule has 4 aromatic carbocycles. The summed E-state index contributed by atoms with van der Waals surface area (Å²) in [5.41, 5.74) is 4.22. The van der Waals surface area contributed by atoms with Crippen LogP contribution < -0.4 is 0 Å². The van der Waals surface area contributed by atoms with E-state index in [-0.39, 0.29) is 31.1 Å². The minimum Gasteiger partial charge on any atom is -0.242 e. The zero-order chi connectivity index (χ0) is 19.5. The molecule has 0 radical (unpaired) electrons. The fourth-order valence-electron chi connectivity index (χ4n) is 3.38. The summed E-state index contributed by atoms with van der Waals surface area (Å²) in [4.78, 5) is 0. The van der Waals surface area contributed by atoms with Crippen molar-refractivity contribution in [2.45, 2.75) is 0 Å². The zero-order valence-corrected chi connectivity index (χ0v) is 21.0. The fraction of sp³-hybridized carbons (Fsp3) is 0. The van der Waals surface area contributed by atoms with Gasteiger partial charge in [-0.15, -0.1) is 35.6 Å². The Morgan fingerprint density at radius 3 is 1.97 bits per heavy atom. The average Bonchev–Trinajstić information content (AvgIpc) is 3.17. The van der Waals surface area contributed by atoms with Gasteiger partial charge in [0.1, 0.15) is 0 Å². The molecule has 0 unspecified atom stereocenters. The van der Waals surface area contributed by atoms with Crippen LogP contribution in [-0.4, -0.2) is 12.4 Å². The number of nitrogens with zero attached hydrogens (tertiary/aromatic N) is 2. The van der Waals surface area contributed by atoms with Gasteiger partial charge >= 0.3 is 31.1 Å².